The van der Waals surface area contributed by atoms with Gasteiger partial charge in [-0.2, -0.15) is 0 Å². The van der Waals surface area contributed by atoms with Gasteiger partial charge in [-0.25, -0.2) is 0 Å². The third kappa shape index (κ3) is 3.73. The predicted molar refractivity (Wildman–Crippen MR) is 86.3 cm³/mol. The van der Waals surface area contributed by atoms with Gasteiger partial charge in [0.25, 0.3) is 0 Å². The van der Waals surface area contributed by atoms with Crippen molar-refractivity contribution in [2.75, 3.05) is 13.7 Å². The van der Waals surface area contributed by atoms with E-state index in [1.807, 2.05) is 7.05 Å². The van der Waals surface area contributed by atoms with Crippen molar-refractivity contribution in [2.24, 2.45) is 0 Å². The molecule has 0 amide bonds. The van der Waals surface area contributed by atoms with Gasteiger partial charge in [-0.15, -0.1) is 0 Å². The molecule has 0 fully saturated rings. The maximum atomic E-state index is 6.00. The molecule has 0 aromatic heterocycles. The zero-order valence-corrected chi connectivity index (χ0v) is 12.6. The van der Waals surface area contributed by atoms with Gasteiger partial charge in [-0.05, 0) is 30.3 Å². The summed E-state index contributed by atoms with van der Waals surface area (Å²) in [7, 11) is 1.98. The van der Waals surface area contributed by atoms with Gasteiger partial charge in [0, 0.05) is 12.1 Å². The molecule has 2 heteroatoms. The minimum absolute atomic E-state index is 0.815. The Morgan fingerprint density at radius 3 is 2.65 bits per heavy atom. The number of rotatable bonds is 8. The summed E-state index contributed by atoms with van der Waals surface area (Å²) in [4.78, 5) is 0. The molecule has 1 N–H and O–H groups in total. The zero-order valence-electron chi connectivity index (χ0n) is 12.6. The molecule has 2 aromatic rings. The van der Waals surface area contributed by atoms with E-state index in [9.17, 15) is 0 Å². The molecule has 0 unspecified atom stereocenters. The van der Waals surface area contributed by atoms with Crippen LogP contribution in [0.1, 0.15) is 38.2 Å². The van der Waals surface area contributed by atoms with Crippen molar-refractivity contribution < 1.29 is 4.74 Å². The van der Waals surface area contributed by atoms with Gasteiger partial charge < -0.3 is 10.1 Å². The highest BCUT2D eigenvalue weighted by Crippen LogP contribution is 2.28. The van der Waals surface area contributed by atoms with E-state index >= 15 is 0 Å². The van der Waals surface area contributed by atoms with Crippen molar-refractivity contribution in [1.82, 2.24) is 5.32 Å². The third-order valence-corrected chi connectivity index (χ3v) is 3.61. The number of fused-ring (bicyclic) bond motifs is 1. The van der Waals surface area contributed by atoms with Gasteiger partial charge in [-0.1, -0.05) is 56.5 Å². The Kier molecular flexibility index (Phi) is 5.87. The quantitative estimate of drug-likeness (QED) is 0.713. The molecule has 2 nitrogen and oxygen atoms in total. The lowest BCUT2D eigenvalue weighted by molar-refractivity contribution is 0.302. The van der Waals surface area contributed by atoms with Crippen LogP contribution in [-0.4, -0.2) is 13.7 Å². The lowest BCUT2D eigenvalue weighted by Crippen LogP contribution is -2.09. The summed E-state index contributed by atoms with van der Waals surface area (Å²) in [6.07, 6.45) is 4.95. The van der Waals surface area contributed by atoms with Crippen molar-refractivity contribution in [2.45, 2.75) is 39.2 Å². The van der Waals surface area contributed by atoms with Crippen LogP contribution in [0.4, 0.5) is 0 Å². The molecule has 20 heavy (non-hydrogen) atoms. The first-order valence-electron chi connectivity index (χ1n) is 7.65. The summed E-state index contributed by atoms with van der Waals surface area (Å²) >= 11 is 0. The van der Waals surface area contributed by atoms with Gasteiger partial charge in [0.05, 0.1) is 6.61 Å². The van der Waals surface area contributed by atoms with Crippen LogP contribution in [0.2, 0.25) is 0 Å². The van der Waals surface area contributed by atoms with Crippen LogP contribution in [0, 0.1) is 0 Å². The third-order valence-electron chi connectivity index (χ3n) is 3.61. The highest BCUT2D eigenvalue weighted by atomic mass is 16.5. The Balaban J connectivity index is 2.13. The van der Waals surface area contributed by atoms with Crippen LogP contribution < -0.4 is 10.1 Å². The maximum absolute atomic E-state index is 6.00. The predicted octanol–water partition coefficient (Wildman–Crippen LogP) is 4.52. The SMILES string of the molecule is CCCCCCOc1ccc2ccccc2c1CNC. The van der Waals surface area contributed by atoms with Gasteiger partial charge in [0.2, 0.25) is 0 Å². The van der Waals surface area contributed by atoms with Crippen LogP contribution in [0.15, 0.2) is 36.4 Å². The Labute approximate surface area is 122 Å². The molecule has 2 rings (SSSR count). The van der Waals surface area contributed by atoms with E-state index in [0.717, 1.165) is 25.3 Å². The van der Waals surface area contributed by atoms with E-state index in [1.165, 1.54) is 35.6 Å². The van der Waals surface area contributed by atoms with Gasteiger partial charge in [-0.3, -0.25) is 0 Å². The average molecular weight is 271 g/mol. The number of nitrogens with one attached hydrogen (secondary N) is 1. The number of ether oxygens (including phenoxy) is 1. The van der Waals surface area contributed by atoms with E-state index in [1.54, 1.807) is 0 Å². The Morgan fingerprint density at radius 1 is 1.00 bits per heavy atom. The molecule has 2 aromatic carbocycles. The van der Waals surface area contributed by atoms with Gasteiger partial charge in [0.15, 0.2) is 0 Å². The molecule has 0 saturated carbocycles. The zero-order chi connectivity index (χ0) is 14.2. The minimum atomic E-state index is 0.815. The van der Waals surface area contributed by atoms with Crippen LogP contribution in [-0.2, 0) is 6.54 Å². The van der Waals surface area contributed by atoms with Crippen molar-refractivity contribution in [3.8, 4) is 5.75 Å². The van der Waals surface area contributed by atoms with E-state index in [2.05, 4.69) is 48.6 Å². The van der Waals surface area contributed by atoms with Crippen LogP contribution in [0.25, 0.3) is 10.8 Å². The number of benzene rings is 2. The largest absolute Gasteiger partial charge is 0.493 e. The molecular weight excluding hydrogens is 246 g/mol. The lowest BCUT2D eigenvalue weighted by Gasteiger charge is -2.14. The lowest BCUT2D eigenvalue weighted by atomic mass is 10.0. The second-order valence-corrected chi connectivity index (χ2v) is 5.20. The summed E-state index contributed by atoms with van der Waals surface area (Å²) in [5, 5.41) is 5.81. The highest BCUT2D eigenvalue weighted by molar-refractivity contribution is 5.87. The first kappa shape index (κ1) is 14.9. The summed E-state index contributed by atoms with van der Waals surface area (Å²) in [5.41, 5.74) is 1.26. The van der Waals surface area contributed by atoms with E-state index < -0.39 is 0 Å². The monoisotopic (exact) mass is 271 g/mol. The van der Waals surface area contributed by atoms with E-state index in [-0.39, 0.29) is 0 Å². The van der Waals surface area contributed by atoms with Crippen LogP contribution in [0.3, 0.4) is 0 Å². The van der Waals surface area contributed by atoms with E-state index in [4.69, 9.17) is 4.74 Å². The molecule has 0 heterocycles. The smallest absolute Gasteiger partial charge is 0.124 e. The second kappa shape index (κ2) is 7.91. The summed E-state index contributed by atoms with van der Waals surface area (Å²) < 4.78 is 6.00. The number of unbranched alkanes of at least 4 members (excludes halogenated alkanes) is 3. The molecule has 0 spiro atoms. The fourth-order valence-corrected chi connectivity index (χ4v) is 2.52. The van der Waals surface area contributed by atoms with Crippen molar-refractivity contribution in [3.05, 3.63) is 42.0 Å². The van der Waals surface area contributed by atoms with Crippen molar-refractivity contribution in [3.63, 3.8) is 0 Å². The summed E-state index contributed by atoms with van der Waals surface area (Å²) in [6, 6.07) is 12.7. The van der Waals surface area contributed by atoms with Crippen molar-refractivity contribution in [1.29, 1.82) is 0 Å². The molecule has 0 saturated heterocycles. The van der Waals surface area contributed by atoms with Crippen LogP contribution in [0.5, 0.6) is 5.75 Å². The normalized spacial score (nSPS) is 10.9. The maximum Gasteiger partial charge on any atom is 0.124 e. The standard InChI is InChI=1S/C18H25NO/c1-3-4-5-8-13-20-18-12-11-15-9-6-7-10-16(15)17(18)14-19-2/h6-7,9-12,19H,3-5,8,13-14H2,1-2H3. The van der Waals surface area contributed by atoms with Gasteiger partial charge >= 0.3 is 0 Å². The Hall–Kier alpha value is -1.54. The number of hydrogen-bond acceptors (Lipinski definition) is 2. The molecule has 108 valence electrons. The fourth-order valence-electron chi connectivity index (χ4n) is 2.52. The molecule has 0 aliphatic carbocycles. The van der Waals surface area contributed by atoms with Gasteiger partial charge in [0.1, 0.15) is 5.75 Å². The molecule has 0 radical (unpaired) electrons. The molecule has 0 aliphatic rings. The van der Waals surface area contributed by atoms with Crippen molar-refractivity contribution >= 4 is 10.8 Å². The average Bonchev–Trinajstić information content (AvgIpc) is 2.49. The Morgan fingerprint density at radius 2 is 1.85 bits per heavy atom. The molecular formula is C18H25NO. The first-order chi connectivity index (χ1) is 9.86. The Bertz CT molecular complexity index is 536. The summed E-state index contributed by atoms with van der Waals surface area (Å²) in [5.74, 6) is 1.02. The molecule has 0 bridgehead atoms. The topological polar surface area (TPSA) is 21.3 Å². The van der Waals surface area contributed by atoms with E-state index in [0.29, 0.717) is 0 Å². The summed E-state index contributed by atoms with van der Waals surface area (Å²) in [6.45, 7) is 3.88. The fraction of sp³-hybridized carbons (Fsp3) is 0.444. The van der Waals surface area contributed by atoms with Crippen LogP contribution >= 0.6 is 0 Å². The second-order valence-electron chi connectivity index (χ2n) is 5.20. The minimum Gasteiger partial charge on any atom is -0.493 e. The highest BCUT2D eigenvalue weighted by Gasteiger charge is 2.07. The number of hydrogen-bond donors (Lipinski definition) is 1. The molecule has 0 atom stereocenters. The first-order valence-corrected chi connectivity index (χ1v) is 7.65. The molecule has 0 aliphatic heterocycles.